The van der Waals surface area contributed by atoms with Crippen LogP contribution in [0.3, 0.4) is 0 Å². The molecule has 0 aliphatic carbocycles. The molecule has 0 aliphatic rings. The van der Waals surface area contributed by atoms with E-state index in [1.54, 1.807) is 30.3 Å². The van der Waals surface area contributed by atoms with Gasteiger partial charge >= 0.3 is 0 Å². The number of nitrogens with one attached hydrogen (secondary N) is 1. The van der Waals surface area contributed by atoms with Gasteiger partial charge in [0.25, 0.3) is 10.0 Å². The first-order chi connectivity index (χ1) is 22.5. The molecule has 248 valence electrons. The van der Waals surface area contributed by atoms with E-state index in [4.69, 9.17) is 9.47 Å². The van der Waals surface area contributed by atoms with Crippen LogP contribution in [0.4, 0.5) is 5.69 Å². The molecule has 0 saturated carbocycles. The van der Waals surface area contributed by atoms with Crippen LogP contribution in [0.25, 0.3) is 0 Å². The number of ether oxygens (including phenoxy) is 2. The second kappa shape index (κ2) is 16.1. The monoisotopic (exact) mass is 657 g/mol. The summed E-state index contributed by atoms with van der Waals surface area (Å²) in [6, 6.07) is 28.8. The molecule has 4 aromatic rings. The molecule has 2 amide bonds. The molecule has 10 heteroatoms. The first-order valence-corrected chi connectivity index (χ1v) is 16.9. The first kappa shape index (κ1) is 35.0. The Morgan fingerprint density at radius 3 is 2.04 bits per heavy atom. The Hall–Kier alpha value is -4.83. The van der Waals surface area contributed by atoms with Crippen molar-refractivity contribution in [2.45, 2.75) is 44.7 Å². The molecule has 0 spiro atoms. The third-order valence-corrected chi connectivity index (χ3v) is 9.61. The minimum Gasteiger partial charge on any atom is -0.493 e. The molecule has 47 heavy (non-hydrogen) atoms. The normalized spacial score (nSPS) is 11.9. The highest BCUT2D eigenvalue weighted by molar-refractivity contribution is 7.92. The second-order valence-electron chi connectivity index (χ2n) is 11.7. The van der Waals surface area contributed by atoms with Gasteiger partial charge in [-0.3, -0.25) is 13.9 Å². The summed E-state index contributed by atoms with van der Waals surface area (Å²) in [5, 5.41) is 3.01. The zero-order valence-electron chi connectivity index (χ0n) is 27.6. The Balaban J connectivity index is 1.84. The van der Waals surface area contributed by atoms with E-state index in [1.807, 2.05) is 75.4 Å². The highest BCUT2D eigenvalue weighted by Gasteiger charge is 2.35. The smallest absolute Gasteiger partial charge is 0.264 e. The molecule has 9 nitrogen and oxygen atoms in total. The summed E-state index contributed by atoms with van der Waals surface area (Å²) < 4.78 is 40.4. The summed E-state index contributed by atoms with van der Waals surface area (Å²) in [4.78, 5) is 30.1. The van der Waals surface area contributed by atoms with Crippen LogP contribution in [0.5, 0.6) is 11.5 Å². The summed E-state index contributed by atoms with van der Waals surface area (Å²) >= 11 is 0. The summed E-state index contributed by atoms with van der Waals surface area (Å²) in [7, 11) is -1.30. The predicted molar refractivity (Wildman–Crippen MR) is 184 cm³/mol. The molecule has 0 heterocycles. The Morgan fingerprint density at radius 1 is 0.809 bits per heavy atom. The summed E-state index contributed by atoms with van der Waals surface area (Å²) in [5.74, 6) is 0.0488. The standard InChI is InChI=1S/C37H43N3O6S/c1-27(2)24-38-37(42)33(22-29-15-8-6-9-16-29)39(25-30-17-13-12-14-28(30)3)36(41)26-40(47(43,44)32-18-10-7-11-19-32)31-20-21-34(45-4)35(23-31)46-5/h6-21,23,27,33H,22,24-26H2,1-5H3,(H,38,42). The van der Waals surface area contributed by atoms with Crippen LogP contribution < -0.4 is 19.1 Å². The van der Waals surface area contributed by atoms with E-state index in [0.717, 1.165) is 21.0 Å². The van der Waals surface area contributed by atoms with Crippen molar-refractivity contribution in [2.24, 2.45) is 5.92 Å². The van der Waals surface area contributed by atoms with Crippen LogP contribution in [0.2, 0.25) is 0 Å². The second-order valence-corrected chi connectivity index (χ2v) is 13.5. The van der Waals surface area contributed by atoms with Gasteiger partial charge in [-0.05, 0) is 53.8 Å². The fraction of sp³-hybridized carbons (Fsp3) is 0.297. The van der Waals surface area contributed by atoms with Crippen molar-refractivity contribution in [1.82, 2.24) is 10.2 Å². The summed E-state index contributed by atoms with van der Waals surface area (Å²) in [6.07, 6.45) is 0.240. The number of hydrogen-bond acceptors (Lipinski definition) is 6. The van der Waals surface area contributed by atoms with Crippen molar-refractivity contribution < 1.29 is 27.5 Å². The van der Waals surface area contributed by atoms with E-state index < -0.39 is 28.5 Å². The number of rotatable bonds is 15. The minimum absolute atomic E-state index is 0.0172. The number of hydrogen-bond donors (Lipinski definition) is 1. The average Bonchev–Trinajstić information content (AvgIpc) is 3.08. The van der Waals surface area contributed by atoms with Crippen molar-refractivity contribution in [3.05, 3.63) is 120 Å². The average molecular weight is 658 g/mol. The Morgan fingerprint density at radius 2 is 1.43 bits per heavy atom. The molecule has 0 aliphatic heterocycles. The third-order valence-electron chi connectivity index (χ3n) is 7.82. The molecule has 1 unspecified atom stereocenters. The maximum atomic E-state index is 14.7. The van der Waals surface area contributed by atoms with Crippen LogP contribution >= 0.6 is 0 Å². The lowest BCUT2D eigenvalue weighted by atomic mass is 10.0. The van der Waals surface area contributed by atoms with Gasteiger partial charge in [-0.25, -0.2) is 8.42 Å². The highest BCUT2D eigenvalue weighted by Crippen LogP contribution is 2.34. The largest absolute Gasteiger partial charge is 0.493 e. The van der Waals surface area contributed by atoms with Crippen molar-refractivity contribution >= 4 is 27.5 Å². The van der Waals surface area contributed by atoms with Gasteiger partial charge in [0.1, 0.15) is 12.6 Å². The van der Waals surface area contributed by atoms with Crippen LogP contribution in [-0.2, 0) is 32.6 Å². The van der Waals surface area contributed by atoms with Gasteiger partial charge in [0.2, 0.25) is 11.8 Å². The van der Waals surface area contributed by atoms with Gasteiger partial charge in [0.05, 0.1) is 24.8 Å². The number of benzene rings is 4. The van der Waals surface area contributed by atoms with Crippen LogP contribution in [0.15, 0.2) is 108 Å². The first-order valence-electron chi connectivity index (χ1n) is 15.5. The lowest BCUT2D eigenvalue weighted by Gasteiger charge is -2.34. The number of methoxy groups -OCH3 is 2. The molecule has 4 aromatic carbocycles. The van der Waals surface area contributed by atoms with Crippen LogP contribution in [0.1, 0.15) is 30.5 Å². The van der Waals surface area contributed by atoms with Crippen molar-refractivity contribution in [1.29, 1.82) is 0 Å². The van der Waals surface area contributed by atoms with Gasteiger partial charge in [0, 0.05) is 25.6 Å². The molecule has 0 bridgehead atoms. The summed E-state index contributed by atoms with van der Waals surface area (Å²) in [5.41, 5.74) is 2.87. The van der Waals surface area contributed by atoms with Crippen LogP contribution in [-0.4, -0.2) is 58.5 Å². The Bertz CT molecular complexity index is 1750. The van der Waals surface area contributed by atoms with Crippen molar-refractivity contribution in [3.63, 3.8) is 0 Å². The fourth-order valence-corrected chi connectivity index (χ4v) is 6.60. The number of nitrogens with zero attached hydrogens (tertiary/aromatic N) is 2. The molecule has 0 aromatic heterocycles. The number of amides is 2. The summed E-state index contributed by atoms with van der Waals surface area (Å²) in [6.45, 7) is 5.90. The zero-order valence-corrected chi connectivity index (χ0v) is 28.4. The van der Waals surface area contributed by atoms with E-state index in [0.29, 0.717) is 18.0 Å². The number of anilines is 1. The minimum atomic E-state index is -4.25. The van der Waals surface area contributed by atoms with Crippen molar-refractivity contribution in [3.8, 4) is 11.5 Å². The Labute approximate surface area is 278 Å². The number of aryl methyl sites for hydroxylation is 1. The molecule has 1 N–H and O–H groups in total. The quantitative estimate of drug-likeness (QED) is 0.178. The zero-order chi connectivity index (χ0) is 34.0. The molecule has 4 rings (SSSR count). The lowest BCUT2D eigenvalue weighted by Crippen LogP contribution is -2.53. The maximum absolute atomic E-state index is 14.7. The van der Waals surface area contributed by atoms with Crippen LogP contribution in [0, 0.1) is 12.8 Å². The molecule has 0 saturated heterocycles. The molecule has 0 radical (unpaired) electrons. The molecule has 1 atom stereocenters. The molecular formula is C37H43N3O6S. The number of sulfonamides is 1. The van der Waals surface area contributed by atoms with E-state index >= 15 is 0 Å². The number of carbonyl (C=O) groups is 2. The van der Waals surface area contributed by atoms with Gasteiger partial charge in [-0.2, -0.15) is 0 Å². The third kappa shape index (κ3) is 8.92. The molecule has 0 fully saturated rings. The highest BCUT2D eigenvalue weighted by atomic mass is 32.2. The van der Waals surface area contributed by atoms with Gasteiger partial charge in [0.15, 0.2) is 11.5 Å². The maximum Gasteiger partial charge on any atom is 0.264 e. The van der Waals surface area contributed by atoms with E-state index in [9.17, 15) is 18.0 Å². The predicted octanol–water partition coefficient (Wildman–Crippen LogP) is 5.62. The fourth-order valence-electron chi connectivity index (χ4n) is 5.18. The Kier molecular flexibility index (Phi) is 12.0. The van der Waals surface area contributed by atoms with Crippen molar-refractivity contribution in [2.75, 3.05) is 31.6 Å². The van der Waals surface area contributed by atoms with E-state index in [2.05, 4.69) is 5.32 Å². The van der Waals surface area contributed by atoms with E-state index in [-0.39, 0.29) is 35.4 Å². The topological polar surface area (TPSA) is 105 Å². The van der Waals surface area contributed by atoms with Gasteiger partial charge in [-0.1, -0.05) is 86.6 Å². The van der Waals surface area contributed by atoms with Gasteiger partial charge in [-0.15, -0.1) is 0 Å². The van der Waals surface area contributed by atoms with E-state index in [1.165, 1.54) is 37.3 Å². The number of carbonyl (C=O) groups excluding carboxylic acids is 2. The SMILES string of the molecule is COc1ccc(N(CC(=O)N(Cc2ccccc2C)C(Cc2ccccc2)C(=O)NCC(C)C)S(=O)(=O)c2ccccc2)cc1OC. The van der Waals surface area contributed by atoms with Gasteiger partial charge < -0.3 is 19.7 Å². The molecular weight excluding hydrogens is 614 g/mol. The lowest BCUT2D eigenvalue weighted by molar-refractivity contribution is -0.140.